The number of hydrogen-bond acceptors (Lipinski definition) is 6. The summed E-state index contributed by atoms with van der Waals surface area (Å²) in [4.78, 5) is 37.7. The summed E-state index contributed by atoms with van der Waals surface area (Å²) < 4.78 is 30.5. The minimum atomic E-state index is -4.15. The molecule has 9 heteroatoms. The highest BCUT2D eigenvalue weighted by Gasteiger charge is 2.48. The molecule has 1 N–H and O–H groups in total. The normalized spacial score (nSPS) is 21.0. The van der Waals surface area contributed by atoms with Crippen molar-refractivity contribution in [2.75, 3.05) is 10.2 Å². The van der Waals surface area contributed by atoms with Crippen molar-refractivity contribution in [2.24, 2.45) is 11.8 Å². The van der Waals surface area contributed by atoms with Gasteiger partial charge in [-0.2, -0.15) is 8.42 Å². The van der Waals surface area contributed by atoms with Crippen LogP contribution in [-0.2, 0) is 24.5 Å². The van der Waals surface area contributed by atoms with Crippen molar-refractivity contribution < 1.29 is 27.0 Å². The second kappa shape index (κ2) is 8.14. The lowest BCUT2D eigenvalue weighted by molar-refractivity contribution is -0.122. The third-order valence-electron chi connectivity index (χ3n) is 5.59. The minimum Gasteiger partial charge on any atom is -0.379 e. The number of carbonyl (C=O) groups is 3. The van der Waals surface area contributed by atoms with Crippen LogP contribution in [0, 0.1) is 11.8 Å². The number of hydrogen-bond donors (Lipinski definition) is 1. The van der Waals surface area contributed by atoms with E-state index in [1.165, 1.54) is 43.3 Å². The Morgan fingerprint density at radius 3 is 2.19 bits per heavy atom. The Morgan fingerprint density at radius 2 is 1.61 bits per heavy atom. The molecule has 0 bridgehead atoms. The van der Waals surface area contributed by atoms with Crippen LogP contribution in [0.2, 0.25) is 0 Å². The number of anilines is 2. The van der Waals surface area contributed by atoms with E-state index in [2.05, 4.69) is 5.32 Å². The summed E-state index contributed by atoms with van der Waals surface area (Å²) in [5, 5.41) is 2.56. The standard InChI is InChI=1S/C22H22N2O6S/c1-14(25)23-15-9-11-18(12-10-15)31(28,29)30-17-6-4-5-16(13-17)24-21(26)19-7-2-3-8-20(19)22(24)27/h4-6,9-13,19-20H,2-3,7-8H2,1H3,(H,23,25)/t19-,20+. The largest absolute Gasteiger partial charge is 0.379 e. The number of nitrogens with one attached hydrogen (secondary N) is 1. The number of rotatable bonds is 5. The van der Waals surface area contributed by atoms with Gasteiger partial charge in [0.15, 0.2) is 0 Å². The molecular weight excluding hydrogens is 420 g/mol. The Morgan fingerprint density at radius 1 is 1.00 bits per heavy atom. The molecule has 2 aromatic carbocycles. The number of amides is 3. The van der Waals surface area contributed by atoms with Crippen molar-refractivity contribution >= 4 is 39.2 Å². The van der Waals surface area contributed by atoms with Gasteiger partial charge in [0.2, 0.25) is 17.7 Å². The molecule has 8 nitrogen and oxygen atoms in total. The van der Waals surface area contributed by atoms with Gasteiger partial charge in [-0.25, -0.2) is 4.90 Å². The van der Waals surface area contributed by atoms with Gasteiger partial charge in [-0.05, 0) is 49.2 Å². The number of imide groups is 1. The second-order valence-corrected chi connectivity index (χ2v) is 9.30. The van der Waals surface area contributed by atoms with E-state index >= 15 is 0 Å². The van der Waals surface area contributed by atoms with Crippen molar-refractivity contribution in [1.82, 2.24) is 0 Å². The molecule has 0 aromatic heterocycles. The number of fused-ring (bicyclic) bond motifs is 1. The molecule has 162 valence electrons. The molecule has 0 spiro atoms. The first-order chi connectivity index (χ1) is 14.8. The van der Waals surface area contributed by atoms with Crippen molar-refractivity contribution in [1.29, 1.82) is 0 Å². The molecule has 0 radical (unpaired) electrons. The third kappa shape index (κ3) is 4.18. The maximum absolute atomic E-state index is 12.8. The van der Waals surface area contributed by atoms with E-state index in [1.807, 2.05) is 0 Å². The smallest absolute Gasteiger partial charge is 0.339 e. The highest BCUT2D eigenvalue weighted by molar-refractivity contribution is 7.87. The fourth-order valence-electron chi connectivity index (χ4n) is 4.17. The zero-order valence-corrected chi connectivity index (χ0v) is 17.7. The van der Waals surface area contributed by atoms with Crippen molar-refractivity contribution in [2.45, 2.75) is 37.5 Å². The number of benzene rings is 2. The molecule has 2 aliphatic rings. The first-order valence-corrected chi connectivity index (χ1v) is 11.5. The van der Waals surface area contributed by atoms with Gasteiger partial charge in [0.25, 0.3) is 0 Å². The summed E-state index contributed by atoms with van der Waals surface area (Å²) in [5.74, 6) is -1.33. The van der Waals surface area contributed by atoms with Crippen molar-refractivity contribution in [3.63, 3.8) is 0 Å². The average Bonchev–Trinajstić information content (AvgIpc) is 2.98. The molecule has 2 fully saturated rings. The molecule has 1 heterocycles. The van der Waals surface area contributed by atoms with E-state index in [4.69, 9.17) is 4.18 Å². The Labute approximate surface area is 180 Å². The monoisotopic (exact) mass is 442 g/mol. The molecule has 4 rings (SSSR count). The zero-order chi connectivity index (χ0) is 22.2. The Balaban J connectivity index is 1.55. The summed E-state index contributed by atoms with van der Waals surface area (Å²) in [6, 6.07) is 11.5. The third-order valence-corrected chi connectivity index (χ3v) is 6.85. The molecule has 2 aromatic rings. The maximum atomic E-state index is 12.8. The van der Waals surface area contributed by atoms with Gasteiger partial charge in [-0.3, -0.25) is 14.4 Å². The molecule has 3 amide bonds. The lowest BCUT2D eigenvalue weighted by Crippen LogP contribution is -2.30. The number of carbonyl (C=O) groups excluding carboxylic acids is 3. The van der Waals surface area contributed by atoms with E-state index in [0.29, 0.717) is 24.2 Å². The molecular formula is C22H22N2O6S. The Bertz CT molecular complexity index is 1120. The van der Waals surface area contributed by atoms with Crippen LogP contribution < -0.4 is 14.4 Å². The van der Waals surface area contributed by atoms with Crippen LogP contribution in [0.4, 0.5) is 11.4 Å². The van der Waals surface area contributed by atoms with Crippen LogP contribution in [0.3, 0.4) is 0 Å². The van der Waals surface area contributed by atoms with Gasteiger partial charge in [-0.1, -0.05) is 18.9 Å². The van der Waals surface area contributed by atoms with E-state index in [-0.39, 0.29) is 40.2 Å². The van der Waals surface area contributed by atoms with Crippen LogP contribution in [0.25, 0.3) is 0 Å². The van der Waals surface area contributed by atoms with Gasteiger partial charge in [0.05, 0.1) is 17.5 Å². The average molecular weight is 442 g/mol. The van der Waals surface area contributed by atoms with Crippen molar-refractivity contribution in [3.05, 3.63) is 48.5 Å². The SMILES string of the molecule is CC(=O)Nc1ccc(S(=O)(=O)Oc2cccc(N3C(=O)[C@H]4CCCC[C@H]4C3=O)c2)cc1. The predicted octanol–water partition coefficient (Wildman–Crippen LogP) is 3.09. The van der Waals surface area contributed by atoms with Crippen LogP contribution in [0.15, 0.2) is 53.4 Å². The van der Waals surface area contributed by atoms with Gasteiger partial charge >= 0.3 is 10.1 Å². The lowest BCUT2D eigenvalue weighted by Gasteiger charge is -2.19. The molecule has 1 aliphatic carbocycles. The van der Waals surface area contributed by atoms with Gasteiger partial charge < -0.3 is 9.50 Å². The molecule has 0 unspecified atom stereocenters. The summed E-state index contributed by atoms with van der Waals surface area (Å²) in [7, 11) is -4.15. The van der Waals surface area contributed by atoms with Gasteiger partial charge in [-0.15, -0.1) is 0 Å². The summed E-state index contributed by atoms with van der Waals surface area (Å²) >= 11 is 0. The van der Waals surface area contributed by atoms with Gasteiger partial charge in [0.1, 0.15) is 10.6 Å². The minimum absolute atomic E-state index is 0.00101. The van der Waals surface area contributed by atoms with E-state index in [1.54, 1.807) is 12.1 Å². The Kier molecular flexibility index (Phi) is 5.53. The summed E-state index contributed by atoms with van der Waals surface area (Å²) in [6.07, 6.45) is 3.25. The Hall–Kier alpha value is -3.20. The topological polar surface area (TPSA) is 110 Å². The van der Waals surface area contributed by atoms with Crippen LogP contribution in [0.1, 0.15) is 32.6 Å². The van der Waals surface area contributed by atoms with Crippen molar-refractivity contribution in [3.8, 4) is 5.75 Å². The highest BCUT2D eigenvalue weighted by Crippen LogP contribution is 2.40. The fraction of sp³-hybridized carbons (Fsp3) is 0.318. The number of nitrogens with zero attached hydrogens (tertiary/aromatic N) is 1. The highest BCUT2D eigenvalue weighted by atomic mass is 32.2. The van der Waals surface area contributed by atoms with Crippen LogP contribution >= 0.6 is 0 Å². The fourth-order valence-corrected chi connectivity index (χ4v) is 5.10. The van der Waals surface area contributed by atoms with E-state index in [9.17, 15) is 22.8 Å². The summed E-state index contributed by atoms with van der Waals surface area (Å²) in [5.41, 5.74) is 0.763. The predicted molar refractivity (Wildman–Crippen MR) is 113 cm³/mol. The second-order valence-electron chi connectivity index (χ2n) is 7.75. The zero-order valence-electron chi connectivity index (χ0n) is 16.9. The van der Waals surface area contributed by atoms with E-state index < -0.39 is 10.1 Å². The lowest BCUT2D eigenvalue weighted by atomic mass is 9.81. The molecule has 1 saturated heterocycles. The molecule has 1 aliphatic heterocycles. The van der Waals surface area contributed by atoms with Crippen LogP contribution in [0.5, 0.6) is 5.75 Å². The molecule has 2 atom stereocenters. The summed E-state index contributed by atoms with van der Waals surface area (Å²) in [6.45, 7) is 1.35. The molecule has 31 heavy (non-hydrogen) atoms. The first kappa shape index (κ1) is 21.0. The maximum Gasteiger partial charge on any atom is 0.339 e. The molecule has 1 saturated carbocycles. The van der Waals surface area contributed by atoms with E-state index in [0.717, 1.165) is 17.7 Å². The van der Waals surface area contributed by atoms with Crippen LogP contribution in [-0.4, -0.2) is 26.1 Å². The van der Waals surface area contributed by atoms with Gasteiger partial charge in [0, 0.05) is 18.7 Å². The quantitative estimate of drug-likeness (QED) is 0.563. The first-order valence-electron chi connectivity index (χ1n) is 10.1.